The maximum absolute atomic E-state index is 12.6. The molecule has 1 unspecified atom stereocenters. The second-order valence-electron chi connectivity index (χ2n) is 5.65. The molecule has 5 heteroatoms. The van der Waals surface area contributed by atoms with Crippen molar-refractivity contribution in [3.8, 4) is 0 Å². The van der Waals surface area contributed by atoms with E-state index in [0.29, 0.717) is 19.6 Å². The minimum atomic E-state index is 0.0360. The van der Waals surface area contributed by atoms with E-state index in [9.17, 15) is 9.59 Å². The van der Waals surface area contributed by atoms with Gasteiger partial charge in [-0.05, 0) is 25.0 Å². The second-order valence-corrected chi connectivity index (χ2v) is 5.65. The van der Waals surface area contributed by atoms with Crippen molar-refractivity contribution in [3.05, 3.63) is 29.8 Å². The molecule has 0 spiro atoms. The molecule has 1 saturated heterocycles. The van der Waals surface area contributed by atoms with Gasteiger partial charge in [-0.15, -0.1) is 0 Å². The second kappa shape index (κ2) is 5.25. The van der Waals surface area contributed by atoms with Crippen LogP contribution < -0.4 is 15.1 Å². The summed E-state index contributed by atoms with van der Waals surface area (Å²) in [5.41, 5.74) is 2.27. The summed E-state index contributed by atoms with van der Waals surface area (Å²) in [6.45, 7) is 4.35. The Morgan fingerprint density at radius 1 is 1.45 bits per heavy atom. The smallest absolute Gasteiger partial charge is 0.282 e. The van der Waals surface area contributed by atoms with E-state index < -0.39 is 0 Å². The van der Waals surface area contributed by atoms with Gasteiger partial charge in [0.05, 0.1) is 13.1 Å². The number of hydrogen-bond donors (Lipinski definition) is 2. The average molecular weight is 274 g/mol. The number of carbonyl (C=O) groups excluding carboxylic acids is 2. The molecule has 2 aliphatic rings. The van der Waals surface area contributed by atoms with Gasteiger partial charge >= 0.3 is 0 Å². The highest BCUT2D eigenvalue weighted by Gasteiger charge is 2.33. The van der Waals surface area contributed by atoms with E-state index in [0.717, 1.165) is 23.6 Å². The SMILES string of the molecule is C[C@@H]1Cc2ccccc2N1C(=O)C[NH+]1CCNC(=O)C1. The number of rotatable bonds is 2. The number of piperazine rings is 1. The van der Waals surface area contributed by atoms with Crippen molar-refractivity contribution in [2.24, 2.45) is 0 Å². The number of hydrogen-bond acceptors (Lipinski definition) is 2. The van der Waals surface area contributed by atoms with Crippen LogP contribution in [0.3, 0.4) is 0 Å². The zero-order valence-electron chi connectivity index (χ0n) is 11.7. The van der Waals surface area contributed by atoms with Crippen molar-refractivity contribution in [3.63, 3.8) is 0 Å². The fourth-order valence-electron chi connectivity index (χ4n) is 3.15. The molecule has 0 bridgehead atoms. The number of benzene rings is 1. The summed E-state index contributed by atoms with van der Waals surface area (Å²) in [5, 5.41) is 2.79. The summed E-state index contributed by atoms with van der Waals surface area (Å²) in [5.74, 6) is 0.154. The van der Waals surface area contributed by atoms with E-state index in [1.54, 1.807) is 0 Å². The van der Waals surface area contributed by atoms with Gasteiger partial charge in [0.2, 0.25) is 0 Å². The Kier molecular flexibility index (Phi) is 3.44. The highest BCUT2D eigenvalue weighted by atomic mass is 16.2. The number of nitrogens with zero attached hydrogens (tertiary/aromatic N) is 1. The lowest BCUT2D eigenvalue weighted by Gasteiger charge is -2.27. The molecule has 3 rings (SSSR count). The van der Waals surface area contributed by atoms with Crippen molar-refractivity contribution in [2.75, 3.05) is 31.1 Å². The molecular weight excluding hydrogens is 254 g/mol. The Balaban J connectivity index is 1.72. The first-order chi connectivity index (χ1) is 9.65. The molecule has 0 aliphatic carbocycles. The van der Waals surface area contributed by atoms with Gasteiger partial charge in [0.1, 0.15) is 0 Å². The largest absolute Gasteiger partial charge is 0.346 e. The lowest BCUT2D eigenvalue weighted by Crippen LogP contribution is -3.16. The summed E-state index contributed by atoms with van der Waals surface area (Å²) in [6.07, 6.45) is 0.914. The van der Waals surface area contributed by atoms with Gasteiger partial charge in [-0.25, -0.2) is 0 Å². The van der Waals surface area contributed by atoms with Gasteiger partial charge in [0.15, 0.2) is 13.1 Å². The van der Waals surface area contributed by atoms with Crippen LogP contribution in [0.4, 0.5) is 5.69 Å². The third-order valence-corrected chi connectivity index (χ3v) is 4.09. The zero-order valence-corrected chi connectivity index (χ0v) is 11.7. The van der Waals surface area contributed by atoms with Crippen molar-refractivity contribution < 1.29 is 14.5 Å². The summed E-state index contributed by atoms with van der Waals surface area (Å²) in [7, 11) is 0. The molecule has 1 fully saturated rings. The number of carbonyl (C=O) groups is 2. The quantitative estimate of drug-likeness (QED) is 0.725. The minimum Gasteiger partial charge on any atom is -0.346 e. The van der Waals surface area contributed by atoms with E-state index >= 15 is 0 Å². The molecule has 20 heavy (non-hydrogen) atoms. The predicted octanol–water partition coefficient (Wildman–Crippen LogP) is -1.02. The van der Waals surface area contributed by atoms with E-state index in [2.05, 4.69) is 18.3 Å². The van der Waals surface area contributed by atoms with E-state index in [4.69, 9.17) is 0 Å². The van der Waals surface area contributed by atoms with Crippen molar-refractivity contribution in [1.29, 1.82) is 0 Å². The molecule has 1 aromatic carbocycles. The highest BCUT2D eigenvalue weighted by molar-refractivity contribution is 5.96. The van der Waals surface area contributed by atoms with E-state index in [1.165, 1.54) is 5.56 Å². The Morgan fingerprint density at radius 3 is 3.05 bits per heavy atom. The van der Waals surface area contributed by atoms with Crippen LogP contribution in [0.2, 0.25) is 0 Å². The van der Waals surface area contributed by atoms with Crippen molar-refractivity contribution >= 4 is 17.5 Å². The van der Waals surface area contributed by atoms with Gasteiger partial charge in [0, 0.05) is 11.7 Å². The molecule has 5 nitrogen and oxygen atoms in total. The molecule has 2 amide bonds. The van der Waals surface area contributed by atoms with Crippen LogP contribution >= 0.6 is 0 Å². The Labute approximate surface area is 118 Å². The molecule has 0 saturated carbocycles. The first-order valence-electron chi connectivity index (χ1n) is 7.15. The third-order valence-electron chi connectivity index (χ3n) is 4.09. The maximum atomic E-state index is 12.6. The molecule has 106 valence electrons. The van der Waals surface area contributed by atoms with Gasteiger partial charge in [-0.1, -0.05) is 18.2 Å². The number of anilines is 1. The monoisotopic (exact) mass is 274 g/mol. The summed E-state index contributed by atoms with van der Waals surface area (Å²) < 4.78 is 0. The molecule has 0 radical (unpaired) electrons. The summed E-state index contributed by atoms with van der Waals surface area (Å²) in [6, 6.07) is 8.28. The van der Waals surface area contributed by atoms with Gasteiger partial charge in [-0.3, -0.25) is 9.59 Å². The van der Waals surface area contributed by atoms with E-state index in [-0.39, 0.29) is 17.9 Å². The van der Waals surface area contributed by atoms with Crippen LogP contribution in [-0.2, 0) is 16.0 Å². The maximum Gasteiger partial charge on any atom is 0.282 e. The third kappa shape index (κ3) is 2.41. The molecule has 1 aromatic rings. The molecule has 2 atom stereocenters. The van der Waals surface area contributed by atoms with Crippen LogP contribution in [-0.4, -0.2) is 44.0 Å². The predicted molar refractivity (Wildman–Crippen MR) is 75.7 cm³/mol. The number of amides is 2. The Bertz CT molecular complexity index is 544. The highest BCUT2D eigenvalue weighted by Crippen LogP contribution is 2.31. The number of fused-ring (bicyclic) bond motifs is 1. The molecule has 0 aromatic heterocycles. The Morgan fingerprint density at radius 2 is 2.25 bits per heavy atom. The van der Waals surface area contributed by atoms with Crippen LogP contribution in [0.1, 0.15) is 12.5 Å². The summed E-state index contributed by atoms with van der Waals surface area (Å²) >= 11 is 0. The van der Waals surface area contributed by atoms with Crippen LogP contribution in [0.5, 0.6) is 0 Å². The molecule has 2 aliphatic heterocycles. The normalized spacial score (nSPS) is 25.2. The van der Waals surface area contributed by atoms with Crippen LogP contribution in [0, 0.1) is 0 Å². The Hall–Kier alpha value is -1.88. The van der Waals surface area contributed by atoms with Crippen LogP contribution in [0.15, 0.2) is 24.3 Å². The number of para-hydroxylation sites is 1. The summed E-state index contributed by atoms with van der Waals surface area (Å²) in [4.78, 5) is 26.9. The lowest BCUT2D eigenvalue weighted by atomic mass is 10.1. The van der Waals surface area contributed by atoms with Gasteiger partial charge in [0.25, 0.3) is 11.8 Å². The fraction of sp³-hybridized carbons (Fsp3) is 0.467. The topological polar surface area (TPSA) is 53.9 Å². The molecule has 2 N–H and O–H groups in total. The van der Waals surface area contributed by atoms with Crippen molar-refractivity contribution in [1.82, 2.24) is 5.32 Å². The van der Waals surface area contributed by atoms with E-state index in [1.807, 2.05) is 23.1 Å². The molecular formula is C15H20N3O2+. The fourth-order valence-corrected chi connectivity index (χ4v) is 3.15. The van der Waals surface area contributed by atoms with Crippen molar-refractivity contribution in [2.45, 2.75) is 19.4 Å². The number of nitrogens with one attached hydrogen (secondary N) is 2. The van der Waals surface area contributed by atoms with Gasteiger partial charge in [-0.2, -0.15) is 0 Å². The van der Waals surface area contributed by atoms with Crippen LogP contribution in [0.25, 0.3) is 0 Å². The average Bonchev–Trinajstić information content (AvgIpc) is 2.74. The first kappa shape index (κ1) is 13.1. The first-order valence-corrected chi connectivity index (χ1v) is 7.15. The zero-order chi connectivity index (χ0) is 14.1. The number of quaternary nitrogens is 1. The minimum absolute atomic E-state index is 0.0360. The molecule has 2 heterocycles. The standard InChI is InChI=1S/C15H19N3O2/c1-11-8-12-4-2-3-5-13(12)18(11)15(20)10-17-7-6-16-14(19)9-17/h2-5,11H,6-10H2,1H3,(H,16,19)/p+1/t11-/m1/s1. The lowest BCUT2D eigenvalue weighted by molar-refractivity contribution is -0.885. The van der Waals surface area contributed by atoms with Gasteiger partial charge < -0.3 is 15.1 Å².